The molecule has 1 amide bonds. The molecule has 21 heavy (non-hydrogen) atoms. The molecule has 4 heteroatoms. The molecule has 1 aromatic rings. The van der Waals surface area contributed by atoms with Crippen LogP contribution in [0.5, 0.6) is 5.75 Å². The molecule has 0 bridgehead atoms. The quantitative estimate of drug-likeness (QED) is 0.876. The minimum Gasteiger partial charge on any atom is -0.494 e. The summed E-state index contributed by atoms with van der Waals surface area (Å²) in [5.74, 6) is 0.904. The standard InChI is InChI=1S/C17H26N2O2/c1-3-11-21-16-9-6-7-14(12-16)17(20)19-10-5-4-8-15(19)13-18-2/h6-7,9,12,15,18H,3-5,8,10-11,13H2,1-2H3. The van der Waals surface area contributed by atoms with Gasteiger partial charge in [0, 0.05) is 24.7 Å². The number of hydrogen-bond acceptors (Lipinski definition) is 3. The van der Waals surface area contributed by atoms with Crippen LogP contribution in [0.3, 0.4) is 0 Å². The number of piperidine rings is 1. The van der Waals surface area contributed by atoms with Gasteiger partial charge in [0.2, 0.25) is 0 Å². The number of nitrogens with one attached hydrogen (secondary N) is 1. The predicted molar refractivity (Wildman–Crippen MR) is 84.8 cm³/mol. The number of carbonyl (C=O) groups is 1. The first-order chi connectivity index (χ1) is 10.3. The largest absolute Gasteiger partial charge is 0.494 e. The summed E-state index contributed by atoms with van der Waals surface area (Å²) < 4.78 is 5.62. The zero-order valence-electron chi connectivity index (χ0n) is 13.1. The topological polar surface area (TPSA) is 41.6 Å². The van der Waals surface area contributed by atoms with E-state index >= 15 is 0 Å². The fourth-order valence-corrected chi connectivity index (χ4v) is 2.82. The van der Waals surface area contributed by atoms with Gasteiger partial charge in [-0.05, 0) is 50.9 Å². The molecule has 1 aliphatic heterocycles. The summed E-state index contributed by atoms with van der Waals surface area (Å²) in [6, 6.07) is 7.86. The normalized spacial score (nSPS) is 18.6. The van der Waals surface area contributed by atoms with Gasteiger partial charge < -0.3 is 15.0 Å². The summed E-state index contributed by atoms with van der Waals surface area (Å²) in [5.41, 5.74) is 0.728. The van der Waals surface area contributed by atoms with Crippen LogP contribution in [0.15, 0.2) is 24.3 Å². The van der Waals surface area contributed by atoms with Crippen molar-refractivity contribution in [3.63, 3.8) is 0 Å². The van der Waals surface area contributed by atoms with Gasteiger partial charge in [-0.2, -0.15) is 0 Å². The average Bonchev–Trinajstić information content (AvgIpc) is 2.53. The maximum Gasteiger partial charge on any atom is 0.254 e. The number of carbonyl (C=O) groups excluding carboxylic acids is 1. The number of nitrogens with zero attached hydrogens (tertiary/aromatic N) is 1. The molecule has 1 N–H and O–H groups in total. The molecule has 1 aromatic carbocycles. The van der Waals surface area contributed by atoms with Crippen molar-refractivity contribution in [2.75, 3.05) is 26.7 Å². The number of likely N-dealkylation sites (tertiary alicyclic amines) is 1. The Morgan fingerprint density at radius 1 is 1.43 bits per heavy atom. The van der Waals surface area contributed by atoms with Crippen molar-refractivity contribution in [3.05, 3.63) is 29.8 Å². The third-order valence-corrected chi connectivity index (χ3v) is 3.88. The van der Waals surface area contributed by atoms with Gasteiger partial charge in [0.1, 0.15) is 5.75 Å². The Hall–Kier alpha value is -1.55. The maximum atomic E-state index is 12.8. The second-order valence-electron chi connectivity index (χ2n) is 5.58. The highest BCUT2D eigenvalue weighted by atomic mass is 16.5. The number of rotatable bonds is 6. The zero-order chi connectivity index (χ0) is 15.1. The van der Waals surface area contributed by atoms with Gasteiger partial charge in [-0.15, -0.1) is 0 Å². The average molecular weight is 290 g/mol. The van der Waals surface area contributed by atoms with Gasteiger partial charge in [0.25, 0.3) is 5.91 Å². The number of likely N-dealkylation sites (N-methyl/N-ethyl adjacent to an activating group) is 1. The van der Waals surface area contributed by atoms with Crippen molar-refractivity contribution in [1.29, 1.82) is 0 Å². The first kappa shape index (κ1) is 15.8. The summed E-state index contributed by atoms with van der Waals surface area (Å²) in [5, 5.41) is 3.19. The number of hydrogen-bond donors (Lipinski definition) is 1. The Balaban J connectivity index is 2.10. The molecule has 1 atom stereocenters. The van der Waals surface area contributed by atoms with Gasteiger partial charge in [-0.25, -0.2) is 0 Å². The highest BCUT2D eigenvalue weighted by molar-refractivity contribution is 5.94. The minimum absolute atomic E-state index is 0.122. The molecular formula is C17H26N2O2. The van der Waals surface area contributed by atoms with Gasteiger partial charge in [-0.3, -0.25) is 4.79 Å². The van der Waals surface area contributed by atoms with Crippen molar-refractivity contribution >= 4 is 5.91 Å². The van der Waals surface area contributed by atoms with E-state index in [0.717, 1.165) is 43.7 Å². The molecule has 0 spiro atoms. The Bertz CT molecular complexity index is 460. The smallest absolute Gasteiger partial charge is 0.254 e. The lowest BCUT2D eigenvalue weighted by Crippen LogP contribution is -2.48. The van der Waals surface area contributed by atoms with Crippen LogP contribution in [0.4, 0.5) is 0 Å². The molecule has 0 radical (unpaired) electrons. The van der Waals surface area contributed by atoms with Crippen molar-refractivity contribution in [2.24, 2.45) is 0 Å². The number of ether oxygens (including phenoxy) is 1. The molecule has 2 rings (SSSR count). The Kier molecular flexibility index (Phi) is 6.05. The van der Waals surface area contributed by atoms with Crippen LogP contribution in [0, 0.1) is 0 Å². The van der Waals surface area contributed by atoms with Crippen LogP contribution in [-0.2, 0) is 0 Å². The van der Waals surface area contributed by atoms with E-state index in [2.05, 4.69) is 12.2 Å². The van der Waals surface area contributed by atoms with E-state index in [1.165, 1.54) is 6.42 Å². The highest BCUT2D eigenvalue weighted by Gasteiger charge is 2.26. The first-order valence-electron chi connectivity index (χ1n) is 7.94. The van der Waals surface area contributed by atoms with Gasteiger partial charge >= 0.3 is 0 Å². The van der Waals surface area contributed by atoms with E-state index in [-0.39, 0.29) is 5.91 Å². The number of amides is 1. The first-order valence-corrected chi connectivity index (χ1v) is 7.94. The molecule has 116 valence electrons. The van der Waals surface area contributed by atoms with E-state index in [0.29, 0.717) is 12.6 Å². The molecule has 4 nitrogen and oxygen atoms in total. The predicted octanol–water partition coefficient (Wildman–Crippen LogP) is 2.69. The van der Waals surface area contributed by atoms with Crippen LogP contribution >= 0.6 is 0 Å². The summed E-state index contributed by atoms with van der Waals surface area (Å²) in [6.07, 6.45) is 4.35. The summed E-state index contributed by atoms with van der Waals surface area (Å²) in [7, 11) is 1.94. The molecular weight excluding hydrogens is 264 g/mol. The fraction of sp³-hybridized carbons (Fsp3) is 0.588. The minimum atomic E-state index is 0.122. The number of benzene rings is 1. The van der Waals surface area contributed by atoms with E-state index in [9.17, 15) is 4.79 Å². The monoisotopic (exact) mass is 290 g/mol. The second-order valence-corrected chi connectivity index (χ2v) is 5.58. The Labute approximate surface area is 127 Å². The van der Waals surface area contributed by atoms with Crippen LogP contribution in [-0.4, -0.2) is 43.6 Å². The van der Waals surface area contributed by atoms with Crippen LogP contribution < -0.4 is 10.1 Å². The lowest BCUT2D eigenvalue weighted by Gasteiger charge is -2.35. The van der Waals surface area contributed by atoms with E-state index in [1.54, 1.807) is 0 Å². The zero-order valence-corrected chi connectivity index (χ0v) is 13.1. The molecule has 1 unspecified atom stereocenters. The second kappa shape index (κ2) is 8.03. The lowest BCUT2D eigenvalue weighted by atomic mass is 10.0. The van der Waals surface area contributed by atoms with Crippen molar-refractivity contribution in [1.82, 2.24) is 10.2 Å². The molecule has 0 aromatic heterocycles. The van der Waals surface area contributed by atoms with Crippen molar-refractivity contribution < 1.29 is 9.53 Å². The molecule has 1 fully saturated rings. The summed E-state index contributed by atoms with van der Waals surface area (Å²) in [6.45, 7) is 4.47. The van der Waals surface area contributed by atoms with Crippen molar-refractivity contribution in [3.8, 4) is 5.75 Å². The van der Waals surface area contributed by atoms with E-state index in [1.807, 2.05) is 36.2 Å². The lowest BCUT2D eigenvalue weighted by molar-refractivity contribution is 0.0614. The highest BCUT2D eigenvalue weighted by Crippen LogP contribution is 2.21. The molecule has 1 saturated heterocycles. The SMILES string of the molecule is CCCOc1cccc(C(=O)N2CCCCC2CNC)c1. The van der Waals surface area contributed by atoms with Gasteiger partial charge in [-0.1, -0.05) is 13.0 Å². The van der Waals surface area contributed by atoms with E-state index in [4.69, 9.17) is 4.74 Å². The summed E-state index contributed by atoms with van der Waals surface area (Å²) >= 11 is 0. The van der Waals surface area contributed by atoms with Crippen LogP contribution in [0.1, 0.15) is 43.0 Å². The molecule has 1 heterocycles. The Morgan fingerprint density at radius 3 is 3.05 bits per heavy atom. The molecule has 0 saturated carbocycles. The summed E-state index contributed by atoms with van der Waals surface area (Å²) in [4.78, 5) is 14.8. The third kappa shape index (κ3) is 4.21. The van der Waals surface area contributed by atoms with Gasteiger partial charge in [0.15, 0.2) is 0 Å². The third-order valence-electron chi connectivity index (χ3n) is 3.88. The molecule has 0 aliphatic carbocycles. The van der Waals surface area contributed by atoms with Crippen LogP contribution in [0.2, 0.25) is 0 Å². The maximum absolute atomic E-state index is 12.8. The Morgan fingerprint density at radius 2 is 2.29 bits per heavy atom. The van der Waals surface area contributed by atoms with E-state index < -0.39 is 0 Å². The fourth-order valence-electron chi connectivity index (χ4n) is 2.82. The van der Waals surface area contributed by atoms with Gasteiger partial charge in [0.05, 0.1) is 6.61 Å². The van der Waals surface area contributed by atoms with Crippen molar-refractivity contribution in [2.45, 2.75) is 38.6 Å². The van der Waals surface area contributed by atoms with Crippen LogP contribution in [0.25, 0.3) is 0 Å². The molecule has 1 aliphatic rings.